The maximum Gasteiger partial charge on any atom is 0.410 e. The van der Waals surface area contributed by atoms with Gasteiger partial charge >= 0.3 is 6.09 Å². The van der Waals surface area contributed by atoms with Crippen LogP contribution in [0.1, 0.15) is 88.5 Å². The summed E-state index contributed by atoms with van der Waals surface area (Å²) < 4.78 is 17.8. The molecule has 1 N–H and O–H groups in total. The molecule has 3 atom stereocenters. The SMILES string of the molecule is CN(C(=O)OC(C)(C)C)[C@H]1CC[C@H](Oc2ncnc3sc4c(c23)[C@@H](CC(O)C2CCCO2)CC4)CC1. The second-order valence-corrected chi connectivity index (χ2v) is 12.6. The molecule has 9 heteroatoms. The molecule has 1 saturated carbocycles. The zero-order chi connectivity index (χ0) is 25.4. The number of aliphatic hydroxyl groups excluding tert-OH is 1. The first-order valence-corrected chi connectivity index (χ1v) is 14.2. The Labute approximate surface area is 217 Å². The van der Waals surface area contributed by atoms with Crippen molar-refractivity contribution in [2.45, 2.75) is 114 Å². The minimum atomic E-state index is -0.497. The Morgan fingerprint density at radius 1 is 1.22 bits per heavy atom. The summed E-state index contributed by atoms with van der Waals surface area (Å²) in [6.07, 6.45) is 9.08. The van der Waals surface area contributed by atoms with Gasteiger partial charge in [-0.15, -0.1) is 11.3 Å². The molecule has 2 aromatic heterocycles. The number of amides is 1. The summed E-state index contributed by atoms with van der Waals surface area (Å²) in [7, 11) is 1.83. The largest absolute Gasteiger partial charge is 0.474 e. The Morgan fingerprint density at radius 2 is 2.00 bits per heavy atom. The quantitative estimate of drug-likeness (QED) is 0.562. The molecule has 2 aromatic rings. The molecule has 0 radical (unpaired) electrons. The summed E-state index contributed by atoms with van der Waals surface area (Å²) in [5, 5.41) is 11.9. The highest BCUT2D eigenvalue weighted by atomic mass is 32.1. The second kappa shape index (κ2) is 10.4. The Bertz CT molecular complexity index is 1070. The number of aliphatic hydroxyl groups is 1. The zero-order valence-electron chi connectivity index (χ0n) is 21.9. The van der Waals surface area contributed by atoms with Crippen LogP contribution < -0.4 is 4.74 Å². The number of carbonyl (C=O) groups excluding carboxylic acids is 1. The van der Waals surface area contributed by atoms with Crippen LogP contribution in [-0.2, 0) is 15.9 Å². The van der Waals surface area contributed by atoms with Crippen molar-refractivity contribution in [3.63, 3.8) is 0 Å². The number of rotatable bonds is 6. The number of hydrogen-bond acceptors (Lipinski definition) is 8. The van der Waals surface area contributed by atoms with Crippen molar-refractivity contribution in [3.8, 4) is 5.88 Å². The van der Waals surface area contributed by atoms with E-state index in [1.807, 2.05) is 27.8 Å². The molecule has 198 valence electrons. The summed E-state index contributed by atoms with van der Waals surface area (Å²) in [6, 6.07) is 0.152. The molecule has 3 heterocycles. The fourth-order valence-corrected chi connectivity index (χ4v) is 7.14. The van der Waals surface area contributed by atoms with E-state index in [0.29, 0.717) is 12.3 Å². The van der Waals surface area contributed by atoms with Gasteiger partial charge < -0.3 is 24.2 Å². The number of fused-ring (bicyclic) bond motifs is 3. The highest BCUT2D eigenvalue weighted by molar-refractivity contribution is 7.19. The van der Waals surface area contributed by atoms with E-state index >= 15 is 0 Å². The third kappa shape index (κ3) is 5.48. The fourth-order valence-electron chi connectivity index (χ4n) is 5.91. The van der Waals surface area contributed by atoms with Crippen LogP contribution in [0.4, 0.5) is 4.79 Å². The zero-order valence-corrected chi connectivity index (χ0v) is 22.7. The van der Waals surface area contributed by atoms with Crippen LogP contribution in [0.5, 0.6) is 5.88 Å². The Hall–Kier alpha value is -1.97. The van der Waals surface area contributed by atoms with Crippen molar-refractivity contribution in [2.24, 2.45) is 0 Å². The molecule has 36 heavy (non-hydrogen) atoms. The summed E-state index contributed by atoms with van der Waals surface area (Å²) in [4.78, 5) is 25.7. The molecule has 0 aromatic carbocycles. The van der Waals surface area contributed by atoms with Gasteiger partial charge in [-0.3, -0.25) is 0 Å². The van der Waals surface area contributed by atoms with Gasteiger partial charge in [-0.25, -0.2) is 14.8 Å². The van der Waals surface area contributed by atoms with Crippen LogP contribution in [-0.4, -0.2) is 69.7 Å². The van der Waals surface area contributed by atoms with E-state index in [1.165, 1.54) is 10.4 Å². The molecule has 8 nitrogen and oxygen atoms in total. The van der Waals surface area contributed by atoms with Crippen LogP contribution >= 0.6 is 11.3 Å². The fraction of sp³-hybridized carbons (Fsp3) is 0.741. The van der Waals surface area contributed by atoms with E-state index in [9.17, 15) is 9.90 Å². The lowest BCUT2D eigenvalue weighted by Gasteiger charge is -2.35. The van der Waals surface area contributed by atoms with Crippen LogP contribution in [0.2, 0.25) is 0 Å². The molecule has 3 aliphatic rings. The Balaban J connectivity index is 1.26. The van der Waals surface area contributed by atoms with Gasteiger partial charge in [0.2, 0.25) is 5.88 Å². The average Bonchev–Trinajstić information content (AvgIpc) is 3.56. The van der Waals surface area contributed by atoms with Crippen molar-refractivity contribution in [1.29, 1.82) is 0 Å². The first kappa shape index (κ1) is 25.7. The highest BCUT2D eigenvalue weighted by Crippen LogP contribution is 2.48. The molecule has 5 rings (SSSR count). The van der Waals surface area contributed by atoms with E-state index in [-0.39, 0.29) is 30.3 Å². The predicted octanol–water partition coefficient (Wildman–Crippen LogP) is 5.21. The number of carbonyl (C=O) groups is 1. The summed E-state index contributed by atoms with van der Waals surface area (Å²) in [6.45, 7) is 6.42. The normalized spacial score (nSPS) is 27.1. The van der Waals surface area contributed by atoms with Crippen LogP contribution in [0.15, 0.2) is 6.33 Å². The molecule has 2 aliphatic carbocycles. The highest BCUT2D eigenvalue weighted by Gasteiger charge is 2.35. The first-order chi connectivity index (χ1) is 17.2. The molecule has 2 unspecified atom stereocenters. The van der Waals surface area contributed by atoms with E-state index in [4.69, 9.17) is 14.2 Å². The Kier molecular flexibility index (Phi) is 7.43. The van der Waals surface area contributed by atoms with Crippen molar-refractivity contribution in [1.82, 2.24) is 14.9 Å². The van der Waals surface area contributed by atoms with Gasteiger partial charge in [0.15, 0.2) is 0 Å². The standard InChI is InChI=1S/C27H39N3O5S/c1-27(2,3)35-26(32)30(4)17-8-10-18(11-9-17)34-24-23-22-16(14-19(31)20-6-5-13-33-20)7-12-21(22)36-25(23)29-15-28-24/h15-20,31H,5-14H2,1-4H3/t16-,17-,18-,19?,20?/m1/s1. The van der Waals surface area contributed by atoms with Crippen molar-refractivity contribution >= 4 is 27.6 Å². The molecule has 1 amide bonds. The average molecular weight is 518 g/mol. The van der Waals surface area contributed by atoms with E-state index in [0.717, 1.165) is 68.2 Å². The van der Waals surface area contributed by atoms with Gasteiger partial charge in [0.1, 0.15) is 22.9 Å². The second-order valence-electron chi connectivity index (χ2n) is 11.5. The van der Waals surface area contributed by atoms with Gasteiger partial charge in [0.05, 0.1) is 17.6 Å². The van der Waals surface area contributed by atoms with Gasteiger partial charge in [-0.05, 0) is 90.0 Å². The number of aryl methyl sites for hydroxylation is 1. The Morgan fingerprint density at radius 3 is 2.69 bits per heavy atom. The molecule has 2 fully saturated rings. The lowest BCUT2D eigenvalue weighted by molar-refractivity contribution is -0.00850. The number of ether oxygens (including phenoxy) is 3. The summed E-state index contributed by atoms with van der Waals surface area (Å²) >= 11 is 1.74. The monoisotopic (exact) mass is 517 g/mol. The van der Waals surface area contributed by atoms with Gasteiger partial charge in [0, 0.05) is 24.6 Å². The summed E-state index contributed by atoms with van der Waals surface area (Å²) in [5.41, 5.74) is 0.782. The minimum Gasteiger partial charge on any atom is -0.474 e. The lowest BCUT2D eigenvalue weighted by Crippen LogP contribution is -2.43. The van der Waals surface area contributed by atoms with E-state index < -0.39 is 11.7 Å². The maximum atomic E-state index is 12.5. The third-order valence-electron chi connectivity index (χ3n) is 7.77. The van der Waals surface area contributed by atoms with Gasteiger partial charge in [-0.1, -0.05) is 0 Å². The molecule has 1 aliphatic heterocycles. The van der Waals surface area contributed by atoms with Crippen LogP contribution in [0.25, 0.3) is 10.2 Å². The maximum absolute atomic E-state index is 12.5. The van der Waals surface area contributed by atoms with Gasteiger partial charge in [-0.2, -0.15) is 0 Å². The predicted molar refractivity (Wildman–Crippen MR) is 139 cm³/mol. The number of thiophene rings is 1. The molecular weight excluding hydrogens is 478 g/mol. The molecule has 0 bridgehead atoms. The smallest absolute Gasteiger partial charge is 0.410 e. The number of hydrogen-bond donors (Lipinski definition) is 1. The number of aromatic nitrogens is 2. The van der Waals surface area contributed by atoms with Crippen molar-refractivity contribution in [3.05, 3.63) is 16.8 Å². The molecular formula is C27H39N3O5S. The first-order valence-electron chi connectivity index (χ1n) is 13.4. The topological polar surface area (TPSA) is 94.0 Å². The lowest BCUT2D eigenvalue weighted by atomic mass is 9.91. The van der Waals surface area contributed by atoms with E-state index in [2.05, 4.69) is 9.97 Å². The number of nitrogens with zero attached hydrogens (tertiary/aromatic N) is 3. The summed E-state index contributed by atoms with van der Waals surface area (Å²) in [5.74, 6) is 0.944. The van der Waals surface area contributed by atoms with Crippen LogP contribution in [0, 0.1) is 0 Å². The van der Waals surface area contributed by atoms with Crippen molar-refractivity contribution in [2.75, 3.05) is 13.7 Å². The minimum absolute atomic E-state index is 0.0417. The van der Waals surface area contributed by atoms with E-state index in [1.54, 1.807) is 22.6 Å². The molecule has 0 spiro atoms. The molecule has 1 saturated heterocycles. The third-order valence-corrected chi connectivity index (χ3v) is 8.94. The van der Waals surface area contributed by atoms with Gasteiger partial charge in [0.25, 0.3) is 0 Å². The van der Waals surface area contributed by atoms with Crippen molar-refractivity contribution < 1.29 is 24.1 Å². The van der Waals surface area contributed by atoms with Crippen LogP contribution in [0.3, 0.4) is 0 Å².